The van der Waals surface area contributed by atoms with Crippen molar-refractivity contribution in [1.29, 1.82) is 5.26 Å². The Morgan fingerprint density at radius 1 is 1.25 bits per heavy atom. The van der Waals surface area contributed by atoms with Crippen LogP contribution in [-0.4, -0.2) is 0 Å². The van der Waals surface area contributed by atoms with E-state index in [9.17, 15) is 0 Å². The summed E-state index contributed by atoms with van der Waals surface area (Å²) in [6.07, 6.45) is 8.41. The zero-order valence-corrected chi connectivity index (χ0v) is 9.70. The molecule has 84 valence electrons. The van der Waals surface area contributed by atoms with E-state index in [-0.39, 0.29) is 0 Å². The number of rotatable bonds is 2. The van der Waals surface area contributed by atoms with E-state index in [4.69, 9.17) is 10.00 Å². The third-order valence-corrected chi connectivity index (χ3v) is 3.43. The maximum Gasteiger partial charge on any atom is 0.292 e. The first-order valence-electron chi connectivity index (χ1n) is 5.98. The van der Waals surface area contributed by atoms with Crippen molar-refractivity contribution in [2.45, 2.75) is 44.9 Å². The molecule has 0 unspecified atom stereocenters. The van der Waals surface area contributed by atoms with Crippen LogP contribution < -0.4 is 4.74 Å². The first kappa shape index (κ1) is 11.0. The van der Waals surface area contributed by atoms with Gasteiger partial charge in [0.1, 0.15) is 5.75 Å². The van der Waals surface area contributed by atoms with Gasteiger partial charge in [-0.3, -0.25) is 0 Å². The zero-order valence-electron chi connectivity index (χ0n) is 9.70. The quantitative estimate of drug-likeness (QED) is 0.701. The summed E-state index contributed by atoms with van der Waals surface area (Å²) in [5, 5.41) is 8.49. The lowest BCUT2D eigenvalue weighted by molar-refractivity contribution is 0.442. The molecule has 1 aromatic carbocycles. The first-order valence-corrected chi connectivity index (χ1v) is 5.98. The zero-order chi connectivity index (χ0) is 11.4. The maximum atomic E-state index is 8.49. The SMILES string of the molecule is Cc1cc(C2CCCCC2)ccc1OC#N. The summed E-state index contributed by atoms with van der Waals surface area (Å²) in [5.74, 6) is 1.39. The van der Waals surface area contributed by atoms with E-state index in [0.717, 1.165) is 5.56 Å². The van der Waals surface area contributed by atoms with Crippen LogP contribution in [0.1, 0.15) is 49.1 Å². The highest BCUT2D eigenvalue weighted by Gasteiger charge is 2.16. The summed E-state index contributed by atoms with van der Waals surface area (Å²) in [6, 6.07) is 6.20. The largest absolute Gasteiger partial charge is 0.388 e. The van der Waals surface area contributed by atoms with Gasteiger partial charge in [0.05, 0.1) is 0 Å². The van der Waals surface area contributed by atoms with E-state index in [1.54, 1.807) is 6.26 Å². The normalized spacial score (nSPS) is 16.8. The van der Waals surface area contributed by atoms with Crippen LogP contribution in [-0.2, 0) is 0 Å². The average molecular weight is 215 g/mol. The third-order valence-electron chi connectivity index (χ3n) is 3.43. The molecule has 1 aliphatic carbocycles. The van der Waals surface area contributed by atoms with E-state index in [1.165, 1.54) is 37.7 Å². The van der Waals surface area contributed by atoms with Gasteiger partial charge in [-0.15, -0.1) is 5.26 Å². The van der Waals surface area contributed by atoms with Crippen molar-refractivity contribution in [3.8, 4) is 12.0 Å². The minimum absolute atomic E-state index is 0.682. The molecule has 0 spiro atoms. The van der Waals surface area contributed by atoms with Crippen LogP contribution in [0.15, 0.2) is 18.2 Å². The van der Waals surface area contributed by atoms with Crippen molar-refractivity contribution >= 4 is 0 Å². The van der Waals surface area contributed by atoms with Crippen LogP contribution in [0.25, 0.3) is 0 Å². The second-order valence-corrected chi connectivity index (χ2v) is 4.55. The molecule has 2 heteroatoms. The number of hydrogen-bond acceptors (Lipinski definition) is 2. The number of nitrogens with zero attached hydrogens (tertiary/aromatic N) is 1. The van der Waals surface area contributed by atoms with Crippen LogP contribution in [0.3, 0.4) is 0 Å². The fourth-order valence-electron chi connectivity index (χ4n) is 2.53. The van der Waals surface area contributed by atoms with Gasteiger partial charge in [0, 0.05) is 0 Å². The smallest absolute Gasteiger partial charge is 0.292 e. The molecule has 0 atom stereocenters. The van der Waals surface area contributed by atoms with E-state index >= 15 is 0 Å². The Balaban J connectivity index is 2.17. The molecule has 1 aliphatic rings. The molecule has 16 heavy (non-hydrogen) atoms. The molecule has 0 aromatic heterocycles. The number of hydrogen-bond donors (Lipinski definition) is 0. The Morgan fingerprint density at radius 3 is 2.62 bits per heavy atom. The van der Waals surface area contributed by atoms with Crippen LogP contribution in [0, 0.1) is 18.4 Å². The van der Waals surface area contributed by atoms with Crippen LogP contribution >= 0.6 is 0 Å². The predicted octanol–water partition coefficient (Wildman–Crippen LogP) is 3.90. The molecule has 1 aromatic rings. The maximum absolute atomic E-state index is 8.49. The van der Waals surface area contributed by atoms with E-state index in [2.05, 4.69) is 12.1 Å². The molecule has 1 saturated carbocycles. The number of benzene rings is 1. The topological polar surface area (TPSA) is 33.0 Å². The summed E-state index contributed by atoms with van der Waals surface area (Å²) in [5.41, 5.74) is 2.46. The lowest BCUT2D eigenvalue weighted by Gasteiger charge is -2.22. The molecule has 0 N–H and O–H groups in total. The summed E-state index contributed by atoms with van der Waals surface area (Å²) < 4.78 is 4.88. The number of aryl methyl sites for hydroxylation is 1. The van der Waals surface area contributed by atoms with Gasteiger partial charge in [0.25, 0.3) is 6.26 Å². The van der Waals surface area contributed by atoms with Crippen molar-refractivity contribution in [2.24, 2.45) is 0 Å². The highest BCUT2D eigenvalue weighted by molar-refractivity contribution is 5.38. The number of nitriles is 1. The minimum atomic E-state index is 0.682. The Bertz CT molecular complexity index is 400. The molecule has 2 nitrogen and oxygen atoms in total. The van der Waals surface area contributed by atoms with E-state index < -0.39 is 0 Å². The molecule has 0 bridgehead atoms. The van der Waals surface area contributed by atoms with Gasteiger partial charge < -0.3 is 4.74 Å². The van der Waals surface area contributed by atoms with Crippen molar-refractivity contribution in [3.05, 3.63) is 29.3 Å². The molecular weight excluding hydrogens is 198 g/mol. The predicted molar refractivity (Wildman–Crippen MR) is 63.2 cm³/mol. The van der Waals surface area contributed by atoms with E-state index in [1.807, 2.05) is 13.0 Å². The Labute approximate surface area is 96.9 Å². The van der Waals surface area contributed by atoms with Crippen molar-refractivity contribution < 1.29 is 4.74 Å². The molecule has 0 saturated heterocycles. The molecule has 2 rings (SSSR count). The van der Waals surface area contributed by atoms with Crippen LogP contribution in [0.2, 0.25) is 0 Å². The molecule has 1 fully saturated rings. The Morgan fingerprint density at radius 2 is 2.00 bits per heavy atom. The van der Waals surface area contributed by atoms with Gasteiger partial charge in [-0.05, 0) is 42.9 Å². The summed E-state index contributed by atoms with van der Waals surface area (Å²) in [7, 11) is 0. The molecule has 0 amide bonds. The Kier molecular flexibility index (Phi) is 3.46. The van der Waals surface area contributed by atoms with Crippen LogP contribution in [0.5, 0.6) is 5.75 Å². The van der Waals surface area contributed by atoms with Crippen molar-refractivity contribution in [3.63, 3.8) is 0 Å². The highest BCUT2D eigenvalue weighted by Crippen LogP contribution is 2.34. The van der Waals surface area contributed by atoms with Gasteiger partial charge in [-0.1, -0.05) is 31.4 Å². The van der Waals surface area contributed by atoms with Gasteiger partial charge in [0.2, 0.25) is 0 Å². The van der Waals surface area contributed by atoms with Gasteiger partial charge in [-0.25, -0.2) is 0 Å². The third kappa shape index (κ3) is 2.36. The highest BCUT2D eigenvalue weighted by atomic mass is 16.5. The monoisotopic (exact) mass is 215 g/mol. The average Bonchev–Trinajstić information content (AvgIpc) is 2.33. The molecule has 0 radical (unpaired) electrons. The van der Waals surface area contributed by atoms with Gasteiger partial charge >= 0.3 is 0 Å². The van der Waals surface area contributed by atoms with Crippen LogP contribution in [0.4, 0.5) is 0 Å². The Hall–Kier alpha value is -1.49. The standard InChI is InChI=1S/C14H17NO/c1-11-9-13(7-8-14(11)16-10-15)12-5-3-2-4-6-12/h7-9,12H,2-6H2,1H3. The molecular formula is C14H17NO. The molecule has 0 heterocycles. The van der Waals surface area contributed by atoms with Gasteiger partial charge in [0.15, 0.2) is 0 Å². The van der Waals surface area contributed by atoms with Crippen molar-refractivity contribution in [1.82, 2.24) is 0 Å². The fraction of sp³-hybridized carbons (Fsp3) is 0.500. The lowest BCUT2D eigenvalue weighted by atomic mass is 9.83. The van der Waals surface area contributed by atoms with E-state index in [0.29, 0.717) is 11.7 Å². The van der Waals surface area contributed by atoms with Crippen molar-refractivity contribution in [2.75, 3.05) is 0 Å². The summed E-state index contributed by atoms with van der Waals surface area (Å²) in [6.45, 7) is 2.00. The summed E-state index contributed by atoms with van der Waals surface area (Å²) >= 11 is 0. The minimum Gasteiger partial charge on any atom is -0.388 e. The summed E-state index contributed by atoms with van der Waals surface area (Å²) in [4.78, 5) is 0. The number of ether oxygens (including phenoxy) is 1. The molecule has 0 aliphatic heterocycles. The second-order valence-electron chi connectivity index (χ2n) is 4.55. The lowest BCUT2D eigenvalue weighted by Crippen LogP contribution is -2.04. The van der Waals surface area contributed by atoms with Gasteiger partial charge in [-0.2, -0.15) is 0 Å². The first-order chi connectivity index (χ1) is 7.81. The second kappa shape index (κ2) is 5.03. The fourth-order valence-corrected chi connectivity index (χ4v) is 2.53.